The van der Waals surface area contributed by atoms with Gasteiger partial charge in [-0.1, -0.05) is 11.6 Å². The van der Waals surface area contributed by atoms with E-state index < -0.39 is 0 Å². The molecule has 0 aliphatic rings. The highest BCUT2D eigenvalue weighted by Gasteiger charge is 2.03. The summed E-state index contributed by atoms with van der Waals surface area (Å²) < 4.78 is 0. The third kappa shape index (κ3) is 4.84. The lowest BCUT2D eigenvalue weighted by molar-refractivity contribution is 0.273. The highest BCUT2D eigenvalue weighted by atomic mass is 35.5. The van der Waals surface area contributed by atoms with Crippen molar-refractivity contribution in [3.05, 3.63) is 23.2 Å². The zero-order valence-electron chi connectivity index (χ0n) is 10.8. The molecule has 96 valence electrons. The van der Waals surface area contributed by atoms with Crippen LogP contribution in [0.5, 0.6) is 0 Å². The van der Waals surface area contributed by atoms with Gasteiger partial charge in [-0.25, -0.2) is 0 Å². The summed E-state index contributed by atoms with van der Waals surface area (Å²) in [4.78, 5) is 2.33. The Morgan fingerprint density at radius 3 is 2.71 bits per heavy atom. The summed E-state index contributed by atoms with van der Waals surface area (Å²) in [6.07, 6.45) is 1.09. The summed E-state index contributed by atoms with van der Waals surface area (Å²) in [5.74, 6) is 0. The van der Waals surface area contributed by atoms with Gasteiger partial charge in [-0.2, -0.15) is 0 Å². The van der Waals surface area contributed by atoms with Gasteiger partial charge in [0.05, 0.1) is 10.7 Å². The minimum absolute atomic E-state index is 0.593. The molecule has 0 amide bonds. The number of nitrogen functional groups attached to an aromatic ring is 1. The Morgan fingerprint density at radius 2 is 2.12 bits per heavy atom. The van der Waals surface area contributed by atoms with E-state index in [9.17, 15) is 0 Å². The molecular weight excluding hydrogens is 234 g/mol. The SMILES string of the molecule is CC(C)N(C)CCCNc1ccc(N)cc1Cl. The van der Waals surface area contributed by atoms with E-state index in [0.29, 0.717) is 16.8 Å². The van der Waals surface area contributed by atoms with Crippen LogP contribution in [0, 0.1) is 0 Å². The second-order valence-corrected chi connectivity index (χ2v) is 5.00. The molecular formula is C13H22ClN3. The first-order valence-electron chi connectivity index (χ1n) is 6.00. The summed E-state index contributed by atoms with van der Waals surface area (Å²) in [5.41, 5.74) is 7.28. The summed E-state index contributed by atoms with van der Waals surface area (Å²) in [6, 6.07) is 6.14. The molecule has 0 saturated heterocycles. The van der Waals surface area contributed by atoms with E-state index in [1.54, 1.807) is 6.07 Å². The number of nitrogens with two attached hydrogens (primary N) is 1. The molecule has 0 heterocycles. The van der Waals surface area contributed by atoms with Crippen LogP contribution in [0.25, 0.3) is 0 Å². The molecule has 1 aromatic carbocycles. The lowest BCUT2D eigenvalue weighted by Gasteiger charge is -2.21. The lowest BCUT2D eigenvalue weighted by Crippen LogP contribution is -2.28. The quantitative estimate of drug-likeness (QED) is 0.606. The molecule has 0 fully saturated rings. The van der Waals surface area contributed by atoms with Crippen molar-refractivity contribution in [1.29, 1.82) is 0 Å². The van der Waals surface area contributed by atoms with E-state index in [2.05, 4.69) is 31.1 Å². The predicted molar refractivity (Wildman–Crippen MR) is 76.7 cm³/mol. The number of benzene rings is 1. The second-order valence-electron chi connectivity index (χ2n) is 4.59. The summed E-state index contributed by atoms with van der Waals surface area (Å²) in [5, 5.41) is 4.00. The van der Waals surface area contributed by atoms with Crippen molar-refractivity contribution in [2.24, 2.45) is 0 Å². The third-order valence-electron chi connectivity index (χ3n) is 2.88. The molecule has 0 atom stereocenters. The average molecular weight is 256 g/mol. The van der Waals surface area contributed by atoms with Crippen LogP contribution in [0.15, 0.2) is 18.2 Å². The maximum atomic E-state index is 6.07. The maximum absolute atomic E-state index is 6.07. The van der Waals surface area contributed by atoms with Gasteiger partial charge in [-0.3, -0.25) is 0 Å². The summed E-state index contributed by atoms with van der Waals surface area (Å²) >= 11 is 6.07. The van der Waals surface area contributed by atoms with E-state index in [1.165, 1.54) is 0 Å². The molecule has 1 aromatic rings. The largest absolute Gasteiger partial charge is 0.399 e. The number of hydrogen-bond acceptors (Lipinski definition) is 3. The molecule has 3 nitrogen and oxygen atoms in total. The minimum Gasteiger partial charge on any atom is -0.399 e. The van der Waals surface area contributed by atoms with E-state index >= 15 is 0 Å². The molecule has 0 spiro atoms. The minimum atomic E-state index is 0.593. The van der Waals surface area contributed by atoms with Gasteiger partial charge in [-0.15, -0.1) is 0 Å². The molecule has 0 bridgehead atoms. The fraction of sp³-hybridized carbons (Fsp3) is 0.538. The standard InChI is InChI=1S/C13H22ClN3/c1-10(2)17(3)8-4-7-16-13-6-5-11(15)9-12(13)14/h5-6,9-10,16H,4,7-8,15H2,1-3H3. The van der Waals surface area contributed by atoms with Crippen LogP contribution in [0.2, 0.25) is 5.02 Å². The highest BCUT2D eigenvalue weighted by Crippen LogP contribution is 2.23. The Bertz CT molecular complexity index is 353. The summed E-state index contributed by atoms with van der Waals surface area (Å²) in [6.45, 7) is 6.40. The molecule has 3 N–H and O–H groups in total. The average Bonchev–Trinajstić information content (AvgIpc) is 2.26. The van der Waals surface area contributed by atoms with Crippen molar-refractivity contribution in [3.8, 4) is 0 Å². The molecule has 0 aromatic heterocycles. The van der Waals surface area contributed by atoms with Gasteiger partial charge in [0, 0.05) is 18.3 Å². The number of hydrogen-bond donors (Lipinski definition) is 2. The molecule has 4 heteroatoms. The Morgan fingerprint density at radius 1 is 1.41 bits per heavy atom. The van der Waals surface area contributed by atoms with Crippen LogP contribution >= 0.6 is 11.6 Å². The van der Waals surface area contributed by atoms with Gasteiger partial charge in [0.1, 0.15) is 0 Å². The number of nitrogens with one attached hydrogen (secondary N) is 1. The van der Waals surface area contributed by atoms with Crippen LogP contribution < -0.4 is 11.1 Å². The van der Waals surface area contributed by atoms with Gasteiger partial charge in [0.15, 0.2) is 0 Å². The van der Waals surface area contributed by atoms with Crippen molar-refractivity contribution in [1.82, 2.24) is 4.90 Å². The maximum Gasteiger partial charge on any atom is 0.0657 e. The monoisotopic (exact) mass is 255 g/mol. The van der Waals surface area contributed by atoms with E-state index in [1.807, 2.05) is 12.1 Å². The second kappa shape index (κ2) is 6.72. The number of halogens is 1. The fourth-order valence-corrected chi connectivity index (χ4v) is 1.74. The Kier molecular flexibility index (Phi) is 5.59. The smallest absolute Gasteiger partial charge is 0.0657 e. The van der Waals surface area contributed by atoms with Gasteiger partial charge in [0.2, 0.25) is 0 Å². The Hall–Kier alpha value is -0.930. The first kappa shape index (κ1) is 14.1. The highest BCUT2D eigenvalue weighted by molar-refractivity contribution is 6.33. The third-order valence-corrected chi connectivity index (χ3v) is 3.19. The van der Waals surface area contributed by atoms with Crippen molar-refractivity contribution in [2.75, 3.05) is 31.2 Å². The van der Waals surface area contributed by atoms with Gasteiger partial charge in [-0.05, 0) is 52.1 Å². The first-order chi connectivity index (χ1) is 8.00. The molecule has 1 rings (SSSR count). The van der Waals surface area contributed by atoms with Crippen molar-refractivity contribution < 1.29 is 0 Å². The fourth-order valence-electron chi connectivity index (χ4n) is 1.48. The molecule has 0 saturated carbocycles. The topological polar surface area (TPSA) is 41.3 Å². The van der Waals surface area contributed by atoms with Crippen molar-refractivity contribution in [2.45, 2.75) is 26.3 Å². The first-order valence-corrected chi connectivity index (χ1v) is 6.37. The number of rotatable bonds is 6. The van der Waals surface area contributed by atoms with Crippen LogP contribution in [0.4, 0.5) is 11.4 Å². The van der Waals surface area contributed by atoms with Gasteiger partial charge in [0.25, 0.3) is 0 Å². The van der Waals surface area contributed by atoms with E-state index in [0.717, 1.165) is 25.2 Å². The van der Waals surface area contributed by atoms with Crippen LogP contribution in [-0.2, 0) is 0 Å². The van der Waals surface area contributed by atoms with Crippen LogP contribution in [0.1, 0.15) is 20.3 Å². The normalized spacial score (nSPS) is 11.2. The zero-order valence-corrected chi connectivity index (χ0v) is 11.6. The van der Waals surface area contributed by atoms with E-state index in [-0.39, 0.29) is 0 Å². The number of nitrogens with zero attached hydrogens (tertiary/aromatic N) is 1. The summed E-state index contributed by atoms with van der Waals surface area (Å²) in [7, 11) is 2.14. The molecule has 0 aliphatic heterocycles. The van der Waals surface area contributed by atoms with Gasteiger partial charge < -0.3 is 16.0 Å². The Labute approximate surface area is 109 Å². The molecule has 17 heavy (non-hydrogen) atoms. The van der Waals surface area contributed by atoms with Crippen molar-refractivity contribution in [3.63, 3.8) is 0 Å². The molecule has 0 unspecified atom stereocenters. The lowest BCUT2D eigenvalue weighted by atomic mass is 10.2. The number of anilines is 2. The van der Waals surface area contributed by atoms with Crippen molar-refractivity contribution >= 4 is 23.0 Å². The van der Waals surface area contributed by atoms with Gasteiger partial charge >= 0.3 is 0 Å². The molecule has 0 radical (unpaired) electrons. The van der Waals surface area contributed by atoms with Crippen LogP contribution in [-0.4, -0.2) is 31.1 Å². The van der Waals surface area contributed by atoms with E-state index in [4.69, 9.17) is 17.3 Å². The zero-order chi connectivity index (χ0) is 12.8. The molecule has 0 aliphatic carbocycles. The predicted octanol–water partition coefficient (Wildman–Crippen LogP) is 3.06. The van der Waals surface area contributed by atoms with Crippen LogP contribution in [0.3, 0.4) is 0 Å². The Balaban J connectivity index is 2.31.